The maximum Gasteiger partial charge on any atom is 0.238 e. The molecule has 1 aromatic heterocycles. The number of carbonyl (C=O) groups is 1. The summed E-state index contributed by atoms with van der Waals surface area (Å²) in [5.74, 6) is 0.294. The number of aryl methyl sites for hydroxylation is 1. The average molecular weight is 315 g/mol. The molecule has 2 rings (SSSR count). The summed E-state index contributed by atoms with van der Waals surface area (Å²) in [4.78, 5) is 12.1. The fraction of sp³-hybridized carbons (Fsp3) is 0.692. The Hall–Kier alpha value is -1.41. The number of carbonyl (C=O) groups excluding carboxylic acids is 1. The maximum absolute atomic E-state index is 12.1. The first-order valence-electron chi connectivity index (χ1n) is 7.11. The molecule has 1 N–H and O–H groups in total. The monoisotopic (exact) mass is 315 g/mol. The van der Waals surface area contributed by atoms with E-state index in [4.69, 9.17) is 4.52 Å². The van der Waals surface area contributed by atoms with Crippen LogP contribution in [-0.4, -0.2) is 42.6 Å². The fourth-order valence-electron chi connectivity index (χ4n) is 2.50. The van der Waals surface area contributed by atoms with E-state index in [-0.39, 0.29) is 12.5 Å². The first-order chi connectivity index (χ1) is 9.91. The van der Waals surface area contributed by atoms with Crippen molar-refractivity contribution >= 4 is 15.9 Å². The second-order valence-electron chi connectivity index (χ2n) is 5.28. The summed E-state index contributed by atoms with van der Waals surface area (Å²) in [6.45, 7) is 2.68. The highest BCUT2D eigenvalue weighted by Crippen LogP contribution is 2.20. The molecule has 0 unspecified atom stereocenters. The molecule has 1 saturated heterocycles. The first kappa shape index (κ1) is 16.0. The average Bonchev–Trinajstić information content (AvgIpc) is 3.04. The van der Waals surface area contributed by atoms with Gasteiger partial charge < -0.3 is 9.84 Å². The number of hydrogen-bond acceptors (Lipinski definition) is 5. The lowest BCUT2D eigenvalue weighted by Crippen LogP contribution is -2.45. The van der Waals surface area contributed by atoms with Gasteiger partial charge in [0.2, 0.25) is 15.9 Å². The SMILES string of the molecule is CCCc1cc(CNC(=O)[C@@H]2CCCN2S(C)(=O)=O)on1. The second-order valence-corrected chi connectivity index (χ2v) is 7.22. The number of nitrogens with zero attached hydrogens (tertiary/aromatic N) is 2. The number of aromatic nitrogens is 1. The zero-order chi connectivity index (χ0) is 15.5. The van der Waals surface area contributed by atoms with Crippen molar-refractivity contribution in [1.82, 2.24) is 14.8 Å². The lowest BCUT2D eigenvalue weighted by molar-refractivity contribution is -0.124. The van der Waals surface area contributed by atoms with Crippen LogP contribution in [0.2, 0.25) is 0 Å². The zero-order valence-corrected chi connectivity index (χ0v) is 13.1. The molecule has 1 atom stereocenters. The molecule has 7 nitrogen and oxygen atoms in total. The summed E-state index contributed by atoms with van der Waals surface area (Å²) in [6.07, 6.45) is 4.20. The van der Waals surface area contributed by atoms with Gasteiger partial charge in [0.05, 0.1) is 18.5 Å². The number of rotatable bonds is 6. The molecule has 1 aliphatic heterocycles. The van der Waals surface area contributed by atoms with E-state index in [9.17, 15) is 13.2 Å². The van der Waals surface area contributed by atoms with Gasteiger partial charge in [-0.2, -0.15) is 4.31 Å². The Morgan fingerprint density at radius 3 is 3.00 bits per heavy atom. The van der Waals surface area contributed by atoms with E-state index in [1.807, 2.05) is 6.07 Å². The predicted molar refractivity (Wildman–Crippen MR) is 76.9 cm³/mol. The number of amides is 1. The van der Waals surface area contributed by atoms with Crippen LogP contribution in [0.1, 0.15) is 37.6 Å². The summed E-state index contributed by atoms with van der Waals surface area (Å²) >= 11 is 0. The molecular weight excluding hydrogens is 294 g/mol. The normalized spacial score (nSPS) is 19.8. The Balaban J connectivity index is 1.92. The fourth-order valence-corrected chi connectivity index (χ4v) is 3.63. The van der Waals surface area contributed by atoms with Crippen LogP contribution < -0.4 is 5.32 Å². The Labute approximate surface area is 124 Å². The van der Waals surface area contributed by atoms with Crippen LogP contribution in [0.4, 0.5) is 0 Å². The molecule has 1 fully saturated rings. The third-order valence-corrected chi connectivity index (χ3v) is 4.77. The van der Waals surface area contributed by atoms with Gasteiger partial charge in [-0.05, 0) is 19.3 Å². The van der Waals surface area contributed by atoms with Gasteiger partial charge in [0.1, 0.15) is 6.04 Å². The highest BCUT2D eigenvalue weighted by molar-refractivity contribution is 7.88. The van der Waals surface area contributed by atoms with Gasteiger partial charge >= 0.3 is 0 Å². The van der Waals surface area contributed by atoms with Gasteiger partial charge in [-0.3, -0.25) is 4.79 Å². The van der Waals surface area contributed by atoms with E-state index >= 15 is 0 Å². The second kappa shape index (κ2) is 6.57. The largest absolute Gasteiger partial charge is 0.359 e. The summed E-state index contributed by atoms with van der Waals surface area (Å²) in [6, 6.07) is 1.20. The van der Waals surface area contributed by atoms with Crippen LogP contribution in [0.15, 0.2) is 10.6 Å². The highest BCUT2D eigenvalue weighted by Gasteiger charge is 2.36. The van der Waals surface area contributed by atoms with Crippen molar-refractivity contribution in [3.05, 3.63) is 17.5 Å². The predicted octanol–water partition coefficient (Wildman–Crippen LogP) is 0.667. The first-order valence-corrected chi connectivity index (χ1v) is 8.95. The van der Waals surface area contributed by atoms with Crippen molar-refractivity contribution in [2.75, 3.05) is 12.8 Å². The van der Waals surface area contributed by atoms with Gasteiger partial charge in [0.25, 0.3) is 0 Å². The molecule has 1 aromatic rings. The molecule has 1 aliphatic rings. The van der Waals surface area contributed by atoms with Crippen LogP contribution >= 0.6 is 0 Å². The van der Waals surface area contributed by atoms with Crippen LogP contribution in [0.5, 0.6) is 0 Å². The lowest BCUT2D eigenvalue weighted by atomic mass is 10.2. The molecule has 0 aromatic carbocycles. The van der Waals surface area contributed by atoms with Crippen molar-refractivity contribution in [2.24, 2.45) is 0 Å². The molecule has 0 aliphatic carbocycles. The van der Waals surface area contributed by atoms with Gasteiger partial charge in [-0.25, -0.2) is 8.42 Å². The highest BCUT2D eigenvalue weighted by atomic mass is 32.2. The van der Waals surface area contributed by atoms with Crippen molar-refractivity contribution in [3.63, 3.8) is 0 Å². The summed E-state index contributed by atoms with van der Waals surface area (Å²) in [7, 11) is -3.35. The van der Waals surface area contributed by atoms with Crippen molar-refractivity contribution in [3.8, 4) is 0 Å². The molecule has 8 heteroatoms. The Morgan fingerprint density at radius 1 is 1.57 bits per heavy atom. The zero-order valence-electron chi connectivity index (χ0n) is 12.3. The number of nitrogens with one attached hydrogen (secondary N) is 1. The van der Waals surface area contributed by atoms with Crippen molar-refractivity contribution in [1.29, 1.82) is 0 Å². The van der Waals surface area contributed by atoms with E-state index < -0.39 is 16.1 Å². The topological polar surface area (TPSA) is 92.5 Å². The smallest absolute Gasteiger partial charge is 0.238 e. The molecule has 21 heavy (non-hydrogen) atoms. The molecule has 2 heterocycles. The van der Waals surface area contributed by atoms with Crippen LogP contribution in [0.25, 0.3) is 0 Å². The van der Waals surface area contributed by atoms with Crippen LogP contribution in [-0.2, 0) is 27.8 Å². The quantitative estimate of drug-likeness (QED) is 0.833. The minimum absolute atomic E-state index is 0.226. The number of hydrogen-bond donors (Lipinski definition) is 1. The molecule has 1 amide bonds. The molecule has 0 radical (unpaired) electrons. The van der Waals surface area contributed by atoms with Gasteiger partial charge in [-0.15, -0.1) is 0 Å². The van der Waals surface area contributed by atoms with E-state index in [2.05, 4.69) is 17.4 Å². The summed E-state index contributed by atoms with van der Waals surface area (Å²) in [5, 5.41) is 6.62. The minimum atomic E-state index is -3.35. The van der Waals surface area contributed by atoms with Crippen molar-refractivity contribution in [2.45, 2.75) is 45.2 Å². The summed E-state index contributed by atoms with van der Waals surface area (Å²) < 4.78 is 29.6. The molecule has 118 valence electrons. The van der Waals surface area contributed by atoms with Gasteiger partial charge in [-0.1, -0.05) is 18.5 Å². The Bertz CT molecular complexity index is 596. The van der Waals surface area contributed by atoms with Crippen LogP contribution in [0, 0.1) is 0 Å². The minimum Gasteiger partial charge on any atom is -0.359 e. The Morgan fingerprint density at radius 2 is 2.33 bits per heavy atom. The molecule has 0 spiro atoms. The van der Waals surface area contributed by atoms with E-state index in [0.717, 1.165) is 24.8 Å². The standard InChI is InChI=1S/C13H21N3O4S/c1-3-5-10-8-11(20-15-10)9-14-13(17)12-6-4-7-16(12)21(2,18)19/h8,12H,3-7,9H2,1-2H3,(H,14,17)/t12-/m0/s1. The van der Waals surface area contributed by atoms with Crippen LogP contribution in [0.3, 0.4) is 0 Å². The van der Waals surface area contributed by atoms with Gasteiger partial charge in [0.15, 0.2) is 5.76 Å². The lowest BCUT2D eigenvalue weighted by Gasteiger charge is -2.20. The van der Waals surface area contributed by atoms with E-state index in [0.29, 0.717) is 25.1 Å². The Kier molecular flexibility index (Phi) is 5.00. The van der Waals surface area contributed by atoms with E-state index in [1.54, 1.807) is 0 Å². The third kappa shape index (κ3) is 4.04. The third-order valence-electron chi connectivity index (χ3n) is 3.48. The summed E-state index contributed by atoms with van der Waals surface area (Å²) in [5.41, 5.74) is 0.861. The van der Waals surface area contributed by atoms with E-state index in [1.165, 1.54) is 4.31 Å². The van der Waals surface area contributed by atoms with Crippen molar-refractivity contribution < 1.29 is 17.7 Å². The molecule has 0 bridgehead atoms. The number of sulfonamides is 1. The molecular formula is C13H21N3O4S. The van der Waals surface area contributed by atoms with Gasteiger partial charge in [0, 0.05) is 12.6 Å². The maximum atomic E-state index is 12.1. The molecule has 0 saturated carbocycles.